The molecule has 0 aromatic rings. The lowest BCUT2D eigenvalue weighted by Crippen LogP contribution is -2.30. The molecule has 0 fully saturated rings. The van der Waals surface area contributed by atoms with E-state index < -0.39 is 0 Å². The molecule has 0 saturated carbocycles. The van der Waals surface area contributed by atoms with E-state index in [-0.39, 0.29) is 12.6 Å². The van der Waals surface area contributed by atoms with E-state index in [9.17, 15) is 0 Å². The summed E-state index contributed by atoms with van der Waals surface area (Å²) < 4.78 is 0. The summed E-state index contributed by atoms with van der Waals surface area (Å²) in [6, 6.07) is 0.146. The highest BCUT2D eigenvalue weighted by atomic mass is 16.3. The summed E-state index contributed by atoms with van der Waals surface area (Å²) in [4.78, 5) is 0. The third-order valence-corrected chi connectivity index (χ3v) is 1.82. The van der Waals surface area contributed by atoms with Gasteiger partial charge in [0.05, 0.1) is 6.61 Å². The number of hydrogen-bond acceptors (Lipinski definition) is 2. The molecule has 2 nitrogen and oxygen atoms in total. The zero-order chi connectivity index (χ0) is 9.56. The Balaban J connectivity index is 4.20. The molecule has 0 spiro atoms. The third kappa shape index (κ3) is 3.58. The van der Waals surface area contributed by atoms with E-state index in [1.54, 1.807) is 6.08 Å². The lowest BCUT2D eigenvalue weighted by atomic mass is 10.2. The van der Waals surface area contributed by atoms with Crippen LogP contribution >= 0.6 is 0 Å². The number of aliphatic hydroxyl groups excluding tert-OH is 1. The number of aliphatic hydroxyl groups is 1. The molecule has 2 heteroatoms. The standard InChI is InChI=1S/C10H19NO/c1-5-9(7-12)11-10(6-2)8(3)4/h6,9,11-12H,2,5,7H2,1,3-4H3. The summed E-state index contributed by atoms with van der Waals surface area (Å²) in [5.41, 5.74) is 2.22. The van der Waals surface area contributed by atoms with Crippen LogP contribution < -0.4 is 5.32 Å². The van der Waals surface area contributed by atoms with Gasteiger partial charge in [-0.15, -0.1) is 0 Å². The molecule has 0 heterocycles. The second-order valence-electron chi connectivity index (χ2n) is 3.05. The molecule has 0 radical (unpaired) electrons. The zero-order valence-corrected chi connectivity index (χ0v) is 8.22. The van der Waals surface area contributed by atoms with Crippen molar-refractivity contribution in [1.29, 1.82) is 0 Å². The number of allylic oxidation sites excluding steroid dienone is 2. The smallest absolute Gasteiger partial charge is 0.0632 e. The van der Waals surface area contributed by atoms with E-state index in [1.807, 2.05) is 20.8 Å². The molecule has 1 unspecified atom stereocenters. The first kappa shape index (κ1) is 11.2. The Hall–Kier alpha value is -0.760. The average Bonchev–Trinajstić information content (AvgIpc) is 2.06. The van der Waals surface area contributed by atoms with E-state index in [4.69, 9.17) is 5.11 Å². The molecule has 0 aromatic carbocycles. The third-order valence-electron chi connectivity index (χ3n) is 1.82. The molecule has 70 valence electrons. The maximum absolute atomic E-state index is 8.93. The lowest BCUT2D eigenvalue weighted by Gasteiger charge is -2.17. The van der Waals surface area contributed by atoms with E-state index >= 15 is 0 Å². The van der Waals surface area contributed by atoms with Gasteiger partial charge in [-0.3, -0.25) is 0 Å². The first-order valence-electron chi connectivity index (χ1n) is 4.33. The van der Waals surface area contributed by atoms with Crippen LogP contribution in [0.4, 0.5) is 0 Å². The molecule has 0 aliphatic rings. The maximum atomic E-state index is 8.93. The summed E-state index contributed by atoms with van der Waals surface area (Å²) in [5.74, 6) is 0. The van der Waals surface area contributed by atoms with Crippen LogP contribution in [0.5, 0.6) is 0 Å². The SMILES string of the molecule is C=CC(NC(CC)CO)=C(C)C. The highest BCUT2D eigenvalue weighted by Crippen LogP contribution is 2.03. The van der Waals surface area contributed by atoms with Crippen LogP contribution in [0, 0.1) is 0 Å². The van der Waals surface area contributed by atoms with Gasteiger partial charge in [-0.1, -0.05) is 19.1 Å². The van der Waals surface area contributed by atoms with Gasteiger partial charge in [0.25, 0.3) is 0 Å². The molecule has 0 aromatic heterocycles. The Kier molecular flexibility index (Phi) is 5.47. The molecular formula is C10H19NO. The van der Waals surface area contributed by atoms with Gasteiger partial charge in [0.15, 0.2) is 0 Å². The van der Waals surface area contributed by atoms with E-state index in [0.29, 0.717) is 0 Å². The van der Waals surface area contributed by atoms with E-state index in [0.717, 1.165) is 12.1 Å². The van der Waals surface area contributed by atoms with Gasteiger partial charge < -0.3 is 10.4 Å². The number of rotatable bonds is 5. The molecule has 0 aliphatic heterocycles. The fourth-order valence-electron chi connectivity index (χ4n) is 0.904. The fourth-order valence-corrected chi connectivity index (χ4v) is 0.904. The van der Waals surface area contributed by atoms with Crippen LogP contribution in [0.15, 0.2) is 23.9 Å². The highest BCUT2D eigenvalue weighted by molar-refractivity contribution is 5.20. The highest BCUT2D eigenvalue weighted by Gasteiger charge is 2.04. The van der Waals surface area contributed by atoms with Gasteiger partial charge in [-0.2, -0.15) is 0 Å². The Morgan fingerprint density at radius 1 is 1.58 bits per heavy atom. The van der Waals surface area contributed by atoms with Crippen LogP contribution in [0.2, 0.25) is 0 Å². The van der Waals surface area contributed by atoms with Crippen molar-refractivity contribution in [3.8, 4) is 0 Å². The summed E-state index contributed by atoms with van der Waals surface area (Å²) in [5, 5.41) is 12.1. The predicted octanol–water partition coefficient (Wildman–Crippen LogP) is 1.83. The van der Waals surface area contributed by atoms with Crippen LogP contribution in [0.1, 0.15) is 27.2 Å². The van der Waals surface area contributed by atoms with Crippen molar-refractivity contribution in [1.82, 2.24) is 5.32 Å². The Morgan fingerprint density at radius 3 is 2.42 bits per heavy atom. The summed E-state index contributed by atoms with van der Waals surface area (Å²) in [7, 11) is 0. The summed E-state index contributed by atoms with van der Waals surface area (Å²) in [6.07, 6.45) is 2.70. The minimum absolute atomic E-state index is 0.146. The molecule has 1 atom stereocenters. The minimum Gasteiger partial charge on any atom is -0.394 e. The largest absolute Gasteiger partial charge is 0.394 e. The quantitative estimate of drug-likeness (QED) is 0.615. The zero-order valence-electron chi connectivity index (χ0n) is 8.22. The van der Waals surface area contributed by atoms with Crippen LogP contribution in [0.25, 0.3) is 0 Å². The Morgan fingerprint density at radius 2 is 2.17 bits per heavy atom. The summed E-state index contributed by atoms with van der Waals surface area (Å²) >= 11 is 0. The van der Waals surface area contributed by atoms with Gasteiger partial charge in [-0.25, -0.2) is 0 Å². The van der Waals surface area contributed by atoms with Gasteiger partial charge in [-0.05, 0) is 26.3 Å². The van der Waals surface area contributed by atoms with E-state index in [1.165, 1.54) is 5.57 Å². The topological polar surface area (TPSA) is 32.3 Å². The van der Waals surface area contributed by atoms with Crippen molar-refractivity contribution in [3.05, 3.63) is 23.9 Å². The normalized spacial score (nSPS) is 12.0. The average molecular weight is 169 g/mol. The van der Waals surface area contributed by atoms with Crippen molar-refractivity contribution in [3.63, 3.8) is 0 Å². The molecular weight excluding hydrogens is 150 g/mol. The van der Waals surface area contributed by atoms with Crippen molar-refractivity contribution in [2.24, 2.45) is 0 Å². The molecule has 12 heavy (non-hydrogen) atoms. The van der Waals surface area contributed by atoms with Gasteiger partial charge in [0, 0.05) is 11.7 Å². The Labute approximate surface area is 75.0 Å². The van der Waals surface area contributed by atoms with E-state index in [2.05, 4.69) is 11.9 Å². The summed E-state index contributed by atoms with van der Waals surface area (Å²) in [6.45, 7) is 9.95. The number of nitrogens with one attached hydrogen (secondary N) is 1. The Bertz CT molecular complexity index is 165. The molecule has 0 saturated heterocycles. The minimum atomic E-state index is 0.146. The molecule has 0 bridgehead atoms. The van der Waals surface area contributed by atoms with Crippen LogP contribution in [-0.2, 0) is 0 Å². The molecule has 0 amide bonds. The van der Waals surface area contributed by atoms with Crippen molar-refractivity contribution in [2.45, 2.75) is 33.2 Å². The maximum Gasteiger partial charge on any atom is 0.0632 e. The number of hydrogen-bond donors (Lipinski definition) is 2. The predicted molar refractivity (Wildman–Crippen MR) is 52.9 cm³/mol. The van der Waals surface area contributed by atoms with Crippen LogP contribution in [0.3, 0.4) is 0 Å². The van der Waals surface area contributed by atoms with Gasteiger partial charge in [0.2, 0.25) is 0 Å². The lowest BCUT2D eigenvalue weighted by molar-refractivity contribution is 0.247. The molecule has 0 aliphatic carbocycles. The second kappa shape index (κ2) is 5.84. The van der Waals surface area contributed by atoms with Crippen molar-refractivity contribution < 1.29 is 5.11 Å². The van der Waals surface area contributed by atoms with Crippen molar-refractivity contribution >= 4 is 0 Å². The molecule has 2 N–H and O–H groups in total. The van der Waals surface area contributed by atoms with Crippen LogP contribution in [-0.4, -0.2) is 17.8 Å². The van der Waals surface area contributed by atoms with Gasteiger partial charge in [0.1, 0.15) is 0 Å². The first-order chi connectivity index (χ1) is 5.65. The molecule has 0 rings (SSSR count). The monoisotopic (exact) mass is 169 g/mol. The van der Waals surface area contributed by atoms with Gasteiger partial charge >= 0.3 is 0 Å². The van der Waals surface area contributed by atoms with Crippen molar-refractivity contribution in [2.75, 3.05) is 6.61 Å². The second-order valence-corrected chi connectivity index (χ2v) is 3.05. The first-order valence-corrected chi connectivity index (χ1v) is 4.33. The fraction of sp³-hybridized carbons (Fsp3) is 0.600.